The van der Waals surface area contributed by atoms with Crippen LogP contribution in [0.5, 0.6) is 0 Å². The van der Waals surface area contributed by atoms with Gasteiger partial charge in [0, 0.05) is 12.8 Å². The number of nitrogens with zero attached hydrogens (tertiary/aromatic N) is 1. The number of hydrogen-bond donors (Lipinski definition) is 3. The molecular weight excluding hydrogens is 476 g/mol. The number of imide groups is 1. The number of benzene rings is 2. The standard InChI is InChI=1S/C27H32N4O6/c1-17(2)23(26(35)29-20(24(28)33)15-18-9-5-3-6-10-18)30-25(34)21-13-14-22(32)31(21)27(36)37-16-19-11-7-4-8-12-19/h3-12,17,20-21,23H,13-16H2,1-2H3,(H2,28,33)(H,29,35)(H,30,34). The number of carbonyl (C=O) groups excluding carboxylic acids is 5. The molecule has 0 radical (unpaired) electrons. The Hall–Kier alpha value is -4.21. The molecule has 3 unspecified atom stereocenters. The van der Waals surface area contributed by atoms with Crippen LogP contribution in [0, 0.1) is 5.92 Å². The van der Waals surface area contributed by atoms with Crippen molar-refractivity contribution in [1.29, 1.82) is 0 Å². The molecule has 0 bridgehead atoms. The normalized spacial score (nSPS) is 16.7. The van der Waals surface area contributed by atoms with Crippen LogP contribution in [0.4, 0.5) is 4.79 Å². The predicted molar refractivity (Wildman–Crippen MR) is 135 cm³/mol. The number of nitrogens with two attached hydrogens (primary N) is 1. The first kappa shape index (κ1) is 27.4. The van der Waals surface area contributed by atoms with E-state index in [-0.39, 0.29) is 31.8 Å². The van der Waals surface area contributed by atoms with E-state index < -0.39 is 47.8 Å². The van der Waals surface area contributed by atoms with Crippen molar-refractivity contribution >= 4 is 29.7 Å². The van der Waals surface area contributed by atoms with Crippen LogP contribution in [0.1, 0.15) is 37.8 Å². The maximum absolute atomic E-state index is 13.1. The number of hydrogen-bond acceptors (Lipinski definition) is 6. The number of nitrogens with one attached hydrogen (secondary N) is 2. The highest BCUT2D eigenvalue weighted by molar-refractivity contribution is 6.01. The third-order valence-corrected chi connectivity index (χ3v) is 6.11. The van der Waals surface area contributed by atoms with Crippen LogP contribution in [0.15, 0.2) is 60.7 Å². The lowest BCUT2D eigenvalue weighted by Crippen LogP contribution is -2.58. The van der Waals surface area contributed by atoms with E-state index in [1.807, 2.05) is 36.4 Å². The molecule has 10 nitrogen and oxygen atoms in total. The molecule has 0 aromatic heterocycles. The third-order valence-electron chi connectivity index (χ3n) is 6.11. The Kier molecular flexibility index (Phi) is 9.37. The highest BCUT2D eigenvalue weighted by atomic mass is 16.6. The Balaban J connectivity index is 1.65. The molecule has 3 rings (SSSR count). The van der Waals surface area contributed by atoms with Gasteiger partial charge in [0.2, 0.25) is 23.6 Å². The molecule has 10 heteroatoms. The second-order valence-corrected chi connectivity index (χ2v) is 9.24. The lowest BCUT2D eigenvalue weighted by atomic mass is 10.0. The lowest BCUT2D eigenvalue weighted by Gasteiger charge is -2.27. The van der Waals surface area contributed by atoms with Crippen LogP contribution >= 0.6 is 0 Å². The molecule has 3 atom stereocenters. The molecule has 5 amide bonds. The van der Waals surface area contributed by atoms with Gasteiger partial charge in [-0.2, -0.15) is 0 Å². The fraction of sp³-hybridized carbons (Fsp3) is 0.370. The van der Waals surface area contributed by atoms with Gasteiger partial charge in [-0.1, -0.05) is 74.5 Å². The van der Waals surface area contributed by atoms with Gasteiger partial charge in [-0.25, -0.2) is 9.69 Å². The average molecular weight is 509 g/mol. The van der Waals surface area contributed by atoms with Gasteiger partial charge >= 0.3 is 6.09 Å². The van der Waals surface area contributed by atoms with Crippen LogP contribution in [-0.2, 0) is 36.9 Å². The first-order chi connectivity index (χ1) is 17.7. The summed E-state index contributed by atoms with van der Waals surface area (Å²) in [5.41, 5.74) is 7.06. The van der Waals surface area contributed by atoms with Crippen molar-refractivity contribution in [3.05, 3.63) is 71.8 Å². The van der Waals surface area contributed by atoms with Gasteiger partial charge in [0.15, 0.2) is 0 Å². The summed E-state index contributed by atoms with van der Waals surface area (Å²) in [4.78, 5) is 64.1. The zero-order valence-electron chi connectivity index (χ0n) is 20.9. The molecule has 1 fully saturated rings. The first-order valence-electron chi connectivity index (χ1n) is 12.1. The number of ether oxygens (including phenoxy) is 1. The molecule has 37 heavy (non-hydrogen) atoms. The number of primary amides is 1. The summed E-state index contributed by atoms with van der Waals surface area (Å²) in [7, 11) is 0. The minimum Gasteiger partial charge on any atom is -0.444 e. The average Bonchev–Trinajstić information content (AvgIpc) is 3.27. The SMILES string of the molecule is CC(C)C(NC(=O)C1CCC(=O)N1C(=O)OCc1ccccc1)C(=O)NC(Cc1ccccc1)C(N)=O. The maximum Gasteiger partial charge on any atom is 0.417 e. The van der Waals surface area contributed by atoms with Gasteiger partial charge in [0.05, 0.1) is 0 Å². The van der Waals surface area contributed by atoms with E-state index in [2.05, 4.69) is 10.6 Å². The van der Waals surface area contributed by atoms with E-state index in [0.717, 1.165) is 16.0 Å². The number of amides is 5. The second kappa shape index (κ2) is 12.7. The minimum absolute atomic E-state index is 0.00209. The molecule has 1 aliphatic rings. The Morgan fingerprint density at radius 2 is 1.57 bits per heavy atom. The molecule has 1 heterocycles. The van der Waals surface area contributed by atoms with Crippen molar-refractivity contribution in [2.24, 2.45) is 11.7 Å². The molecule has 196 valence electrons. The van der Waals surface area contributed by atoms with Crippen molar-refractivity contribution in [2.75, 3.05) is 0 Å². The van der Waals surface area contributed by atoms with Crippen molar-refractivity contribution < 1.29 is 28.7 Å². The highest BCUT2D eigenvalue weighted by Crippen LogP contribution is 2.21. The zero-order valence-corrected chi connectivity index (χ0v) is 20.9. The van der Waals surface area contributed by atoms with Crippen molar-refractivity contribution in [3.8, 4) is 0 Å². The smallest absolute Gasteiger partial charge is 0.417 e. The van der Waals surface area contributed by atoms with Gasteiger partial charge in [-0.15, -0.1) is 0 Å². The van der Waals surface area contributed by atoms with Crippen molar-refractivity contribution in [1.82, 2.24) is 15.5 Å². The molecule has 2 aromatic carbocycles. The van der Waals surface area contributed by atoms with E-state index in [9.17, 15) is 24.0 Å². The number of carbonyl (C=O) groups is 5. The Labute approximate surface area is 215 Å². The minimum atomic E-state index is -1.11. The summed E-state index contributed by atoms with van der Waals surface area (Å²) in [6, 6.07) is 14.9. The van der Waals surface area contributed by atoms with Crippen LogP contribution in [0.2, 0.25) is 0 Å². The molecular formula is C27H32N4O6. The Morgan fingerprint density at radius 1 is 0.973 bits per heavy atom. The number of rotatable bonds is 10. The third kappa shape index (κ3) is 7.39. The monoisotopic (exact) mass is 508 g/mol. The summed E-state index contributed by atoms with van der Waals surface area (Å²) < 4.78 is 5.25. The second-order valence-electron chi connectivity index (χ2n) is 9.24. The topological polar surface area (TPSA) is 148 Å². The summed E-state index contributed by atoms with van der Waals surface area (Å²) in [6.07, 6.45) is -0.625. The first-order valence-corrected chi connectivity index (χ1v) is 12.1. The Bertz CT molecular complexity index is 1120. The number of likely N-dealkylation sites (tertiary alicyclic amines) is 1. The fourth-order valence-corrected chi connectivity index (χ4v) is 4.07. The predicted octanol–water partition coefficient (Wildman–Crippen LogP) is 1.67. The molecule has 4 N–H and O–H groups in total. The van der Waals surface area contributed by atoms with E-state index in [0.29, 0.717) is 0 Å². The van der Waals surface area contributed by atoms with Crippen LogP contribution < -0.4 is 16.4 Å². The van der Waals surface area contributed by atoms with Gasteiger partial charge in [-0.05, 0) is 23.5 Å². The lowest BCUT2D eigenvalue weighted by molar-refractivity contribution is -0.136. The fourth-order valence-electron chi connectivity index (χ4n) is 4.07. The summed E-state index contributed by atoms with van der Waals surface area (Å²) >= 11 is 0. The largest absolute Gasteiger partial charge is 0.444 e. The molecule has 0 saturated carbocycles. The van der Waals surface area contributed by atoms with Crippen LogP contribution in [-0.4, -0.2) is 52.7 Å². The quantitative estimate of drug-likeness (QED) is 0.445. The molecule has 2 aromatic rings. The van der Waals surface area contributed by atoms with Gasteiger partial charge in [-0.3, -0.25) is 19.2 Å². The van der Waals surface area contributed by atoms with E-state index in [4.69, 9.17) is 10.5 Å². The zero-order chi connectivity index (χ0) is 26.9. The van der Waals surface area contributed by atoms with Gasteiger partial charge < -0.3 is 21.1 Å². The Morgan fingerprint density at radius 3 is 2.14 bits per heavy atom. The van der Waals surface area contributed by atoms with Crippen LogP contribution in [0.3, 0.4) is 0 Å². The van der Waals surface area contributed by atoms with Crippen molar-refractivity contribution in [2.45, 2.75) is 57.8 Å². The van der Waals surface area contributed by atoms with E-state index >= 15 is 0 Å². The molecule has 0 spiro atoms. The maximum atomic E-state index is 13.1. The van der Waals surface area contributed by atoms with Crippen LogP contribution in [0.25, 0.3) is 0 Å². The highest BCUT2D eigenvalue weighted by Gasteiger charge is 2.42. The summed E-state index contributed by atoms with van der Waals surface area (Å²) in [5.74, 6) is -2.84. The summed E-state index contributed by atoms with van der Waals surface area (Å²) in [6.45, 7) is 3.41. The molecule has 1 saturated heterocycles. The summed E-state index contributed by atoms with van der Waals surface area (Å²) in [5, 5.41) is 5.26. The van der Waals surface area contributed by atoms with Crippen molar-refractivity contribution in [3.63, 3.8) is 0 Å². The van der Waals surface area contributed by atoms with Gasteiger partial charge in [0.25, 0.3) is 0 Å². The van der Waals surface area contributed by atoms with E-state index in [1.165, 1.54) is 0 Å². The molecule has 0 aliphatic carbocycles. The van der Waals surface area contributed by atoms with Gasteiger partial charge in [0.1, 0.15) is 24.7 Å². The molecule has 1 aliphatic heterocycles. The van der Waals surface area contributed by atoms with E-state index in [1.54, 1.807) is 38.1 Å².